The van der Waals surface area contributed by atoms with Crippen molar-refractivity contribution in [1.82, 2.24) is 9.66 Å². The first-order chi connectivity index (χ1) is 9.08. The fourth-order valence-corrected chi connectivity index (χ4v) is 3.02. The molecule has 2 heterocycles. The molecule has 0 fully saturated rings. The van der Waals surface area contributed by atoms with Gasteiger partial charge in [0.25, 0.3) is 0 Å². The van der Waals surface area contributed by atoms with Crippen LogP contribution in [0, 0.1) is 20.8 Å². The van der Waals surface area contributed by atoms with Crippen molar-refractivity contribution in [2.45, 2.75) is 20.8 Å². The second kappa shape index (κ2) is 4.28. The Morgan fingerprint density at radius 3 is 2.63 bits per heavy atom. The molecule has 0 N–H and O–H groups in total. The largest absolute Gasteiger partial charge is 0.319 e. The monoisotopic (exact) mass is 272 g/mol. The molecule has 0 aliphatic rings. The highest BCUT2D eigenvalue weighted by Crippen LogP contribution is 2.10. The Hall–Kier alpha value is -2.01. The van der Waals surface area contributed by atoms with E-state index in [1.165, 1.54) is 10.4 Å². The summed E-state index contributed by atoms with van der Waals surface area (Å²) in [6.45, 7) is 5.94. The van der Waals surface area contributed by atoms with Crippen LogP contribution in [0.4, 0.5) is 0 Å². The predicted molar refractivity (Wildman–Crippen MR) is 75.5 cm³/mol. The van der Waals surface area contributed by atoms with Gasteiger partial charge in [-0.3, -0.25) is 4.79 Å². The van der Waals surface area contributed by atoms with Crippen molar-refractivity contribution in [2.75, 3.05) is 0 Å². The summed E-state index contributed by atoms with van der Waals surface area (Å²) in [6.07, 6.45) is 1.96. The normalized spacial score (nSPS) is 11.1. The molecule has 5 heteroatoms. The van der Waals surface area contributed by atoms with E-state index < -0.39 is 0 Å². The zero-order chi connectivity index (χ0) is 13.6. The molecule has 0 saturated heterocycles. The number of rotatable bonds is 1. The number of aromatic nitrogens is 3. The number of nitrogens with zero attached hydrogens (tertiary/aromatic N) is 3. The molecule has 0 aliphatic carbocycles. The van der Waals surface area contributed by atoms with Crippen LogP contribution in [0.3, 0.4) is 0 Å². The van der Waals surface area contributed by atoms with Gasteiger partial charge in [-0.1, -0.05) is 12.1 Å². The molecule has 4 nitrogen and oxygen atoms in total. The van der Waals surface area contributed by atoms with Crippen LogP contribution in [0.15, 0.2) is 35.3 Å². The number of fused-ring (bicyclic) bond motifs is 1. The van der Waals surface area contributed by atoms with Crippen LogP contribution in [-0.2, 0) is 0 Å². The topological polar surface area (TPSA) is 38.8 Å². The number of para-hydroxylation sites is 1. The average Bonchev–Trinajstić information content (AvgIpc) is 2.69. The minimum Gasteiger partial charge on any atom is -0.262 e. The first-order valence-corrected chi connectivity index (χ1v) is 6.83. The second-order valence-electron chi connectivity index (χ2n) is 4.56. The van der Waals surface area contributed by atoms with Crippen molar-refractivity contribution in [3.05, 3.63) is 57.1 Å². The molecular weight excluding hydrogens is 258 g/mol. The summed E-state index contributed by atoms with van der Waals surface area (Å²) in [5, 5.41) is 0.643. The van der Waals surface area contributed by atoms with E-state index in [1.807, 2.05) is 55.3 Å². The zero-order valence-electron chi connectivity index (χ0n) is 11.0. The van der Waals surface area contributed by atoms with Crippen molar-refractivity contribution in [2.24, 2.45) is 0 Å². The fraction of sp³-hybridized carbons (Fsp3) is 0.214. The van der Waals surface area contributed by atoms with Crippen LogP contribution in [0.1, 0.15) is 16.3 Å². The van der Waals surface area contributed by atoms with Gasteiger partial charge < -0.3 is 0 Å². The maximum Gasteiger partial charge on any atom is 0.319 e. The molecule has 0 saturated carbocycles. The Morgan fingerprint density at radius 1 is 1.21 bits per heavy atom. The summed E-state index contributed by atoms with van der Waals surface area (Å²) >= 11 is 1.54. The van der Waals surface area contributed by atoms with Crippen LogP contribution in [0.5, 0.6) is 0 Å². The Kier molecular flexibility index (Phi) is 2.71. The third-order valence-electron chi connectivity index (χ3n) is 3.20. The lowest BCUT2D eigenvalue weighted by atomic mass is 10.2. The lowest BCUT2D eigenvalue weighted by Crippen LogP contribution is -2.47. The van der Waals surface area contributed by atoms with Gasteiger partial charge in [-0.05, 0) is 34.7 Å². The summed E-state index contributed by atoms with van der Waals surface area (Å²) in [5.41, 5.74) is 1.88. The molecule has 0 amide bonds. The fourth-order valence-electron chi connectivity index (χ4n) is 2.06. The van der Waals surface area contributed by atoms with Gasteiger partial charge in [-0.15, -0.1) is 0 Å². The van der Waals surface area contributed by atoms with Crippen molar-refractivity contribution in [3.8, 4) is 0 Å². The highest BCUT2D eigenvalue weighted by atomic mass is 32.1. The Morgan fingerprint density at radius 2 is 1.95 bits per heavy atom. The van der Waals surface area contributed by atoms with Gasteiger partial charge in [-0.25, -0.2) is 4.98 Å². The van der Waals surface area contributed by atoms with E-state index in [0.29, 0.717) is 11.2 Å². The number of benzene rings is 1. The minimum absolute atomic E-state index is 0.0330. The Labute approximate surface area is 114 Å². The van der Waals surface area contributed by atoms with Crippen molar-refractivity contribution < 1.29 is 4.07 Å². The van der Waals surface area contributed by atoms with Crippen molar-refractivity contribution >= 4 is 22.4 Å². The molecule has 96 valence electrons. The molecule has 0 atom stereocenters. The molecule has 2 aromatic heterocycles. The smallest absolute Gasteiger partial charge is 0.262 e. The Balaban J connectivity index is 2.38. The molecule has 0 bridgehead atoms. The van der Waals surface area contributed by atoms with Crippen LogP contribution in [0.2, 0.25) is 0 Å². The molecule has 19 heavy (non-hydrogen) atoms. The number of hydrogen-bond acceptors (Lipinski definition) is 3. The van der Waals surface area contributed by atoms with Crippen LogP contribution < -0.4 is 9.62 Å². The van der Waals surface area contributed by atoms with Crippen LogP contribution in [0.25, 0.3) is 10.9 Å². The van der Waals surface area contributed by atoms with E-state index >= 15 is 0 Å². The van der Waals surface area contributed by atoms with Gasteiger partial charge in [0.15, 0.2) is 17.4 Å². The van der Waals surface area contributed by atoms with Gasteiger partial charge in [0.1, 0.15) is 0 Å². The third-order valence-corrected chi connectivity index (χ3v) is 4.25. The summed E-state index contributed by atoms with van der Waals surface area (Å²) in [7, 11) is 0. The predicted octanol–water partition coefficient (Wildman–Crippen LogP) is 1.98. The standard InChI is InChI=1S/C14H14N3OS/c1-9-8-16(19-10(9)2)17-11(3)15-13-7-5-4-6-12(13)14(17)18/h4-8H,1-3H3/q+1. The first kappa shape index (κ1) is 12.0. The number of aryl methyl sites for hydroxylation is 3. The summed E-state index contributed by atoms with van der Waals surface area (Å²) in [6, 6.07) is 7.43. The maximum absolute atomic E-state index is 12.6. The number of hydrogen-bond donors (Lipinski definition) is 0. The second-order valence-corrected chi connectivity index (χ2v) is 5.72. The molecule has 0 aliphatic heterocycles. The molecule has 3 aromatic rings. The summed E-state index contributed by atoms with van der Waals surface area (Å²) in [5.74, 6) is 0.690. The zero-order valence-corrected chi connectivity index (χ0v) is 11.9. The lowest BCUT2D eigenvalue weighted by molar-refractivity contribution is -0.665. The molecular formula is C14H14N3OS+. The highest BCUT2D eigenvalue weighted by Gasteiger charge is 2.18. The molecule has 1 aromatic carbocycles. The van der Waals surface area contributed by atoms with E-state index in [0.717, 1.165) is 5.52 Å². The van der Waals surface area contributed by atoms with Crippen LogP contribution in [-0.4, -0.2) is 9.66 Å². The van der Waals surface area contributed by atoms with Gasteiger partial charge in [0.2, 0.25) is 6.20 Å². The molecule has 0 radical (unpaired) electrons. The van der Waals surface area contributed by atoms with Gasteiger partial charge in [0.05, 0.1) is 15.8 Å². The van der Waals surface area contributed by atoms with E-state index in [-0.39, 0.29) is 5.56 Å². The van der Waals surface area contributed by atoms with Gasteiger partial charge in [-0.2, -0.15) is 0 Å². The highest BCUT2D eigenvalue weighted by molar-refractivity contribution is 7.01. The quantitative estimate of drug-likeness (QED) is 0.635. The average molecular weight is 272 g/mol. The minimum atomic E-state index is -0.0330. The van der Waals surface area contributed by atoms with Crippen molar-refractivity contribution in [3.63, 3.8) is 0 Å². The van der Waals surface area contributed by atoms with E-state index in [9.17, 15) is 4.79 Å². The van der Waals surface area contributed by atoms with E-state index in [1.54, 1.807) is 16.2 Å². The van der Waals surface area contributed by atoms with E-state index in [4.69, 9.17) is 0 Å². The Bertz CT molecular complexity index is 813. The first-order valence-electron chi connectivity index (χ1n) is 6.06. The summed E-state index contributed by atoms with van der Waals surface area (Å²) in [4.78, 5) is 18.3. The van der Waals surface area contributed by atoms with Crippen molar-refractivity contribution in [1.29, 1.82) is 0 Å². The molecule has 0 spiro atoms. The van der Waals surface area contributed by atoms with Gasteiger partial charge in [0, 0.05) is 12.5 Å². The SMILES string of the molecule is Cc1c[n+](-n2c(C)nc3ccccc3c2=O)sc1C. The van der Waals surface area contributed by atoms with Crippen LogP contribution >= 0.6 is 11.5 Å². The maximum atomic E-state index is 12.6. The molecule has 3 rings (SSSR count). The third kappa shape index (κ3) is 1.86. The van der Waals surface area contributed by atoms with Gasteiger partial charge >= 0.3 is 5.56 Å². The lowest BCUT2D eigenvalue weighted by Gasteiger charge is -2.02. The molecule has 0 unspecified atom stereocenters. The van der Waals surface area contributed by atoms with E-state index in [2.05, 4.69) is 4.98 Å². The summed E-state index contributed by atoms with van der Waals surface area (Å²) < 4.78 is 3.47.